The van der Waals surface area contributed by atoms with E-state index in [1.165, 1.54) is 3.57 Å². The first-order valence-electron chi connectivity index (χ1n) is 4.62. The van der Waals surface area contributed by atoms with Gasteiger partial charge in [0.15, 0.2) is 0 Å². The Kier molecular flexibility index (Phi) is 7.95. The minimum atomic E-state index is -1.75. The van der Waals surface area contributed by atoms with Crippen molar-refractivity contribution in [2.24, 2.45) is 10.2 Å². The van der Waals surface area contributed by atoms with Crippen LogP contribution in [0.25, 0.3) is 0 Å². The Morgan fingerprint density at radius 3 is 2.26 bits per heavy atom. The lowest BCUT2D eigenvalue weighted by atomic mass is 10.3. The molecule has 1 heterocycles. The average molecular weight is 379 g/mol. The monoisotopic (exact) mass is 379 g/mol. The second-order valence-electron chi connectivity index (χ2n) is 2.87. The number of hydrogen-bond donors (Lipinski definition) is 1. The van der Waals surface area contributed by atoms with Gasteiger partial charge in [-0.2, -0.15) is 0 Å². The summed E-state index contributed by atoms with van der Waals surface area (Å²) < 4.78 is 1.19. The molecule has 0 fully saturated rings. The molecule has 0 bridgehead atoms. The Hall–Kier alpha value is -2.08. The predicted molar refractivity (Wildman–Crippen MR) is 74.7 cm³/mol. The van der Waals surface area contributed by atoms with Gasteiger partial charge in [-0.1, -0.05) is 5.11 Å². The molecule has 0 spiro atoms. The highest BCUT2D eigenvalue weighted by atomic mass is 127. The molecule has 102 valence electrons. The predicted octanol–water partition coefficient (Wildman–Crippen LogP) is 1.79. The second kappa shape index (κ2) is 8.93. The van der Waals surface area contributed by atoms with Gasteiger partial charge in [0.05, 0.1) is 17.5 Å². The van der Waals surface area contributed by atoms with E-state index in [0.717, 1.165) is 5.69 Å². The number of halogens is 1. The van der Waals surface area contributed by atoms with Crippen LogP contribution >= 0.6 is 22.6 Å². The molecule has 1 aromatic carbocycles. The highest BCUT2D eigenvalue weighted by Gasteiger charge is 1.98. The van der Waals surface area contributed by atoms with Gasteiger partial charge in [-0.3, -0.25) is 0 Å². The van der Waals surface area contributed by atoms with Crippen LogP contribution in [0.1, 0.15) is 0 Å². The molecule has 10 heteroatoms. The zero-order valence-corrected chi connectivity index (χ0v) is 11.6. The number of hydrogen-bond acceptors (Lipinski definition) is 5. The molecule has 4 N–H and O–H groups in total. The number of aromatic amines is 2. The van der Waals surface area contributed by atoms with Gasteiger partial charge < -0.3 is 20.8 Å². The summed E-state index contributed by atoms with van der Waals surface area (Å²) in [5, 5.41) is 22.8. The molecule has 0 aliphatic carbocycles. The van der Waals surface area contributed by atoms with E-state index in [-0.39, 0.29) is 5.48 Å². The van der Waals surface area contributed by atoms with Crippen molar-refractivity contribution in [1.29, 1.82) is 0 Å². The molecule has 1 aromatic heterocycles. The van der Waals surface area contributed by atoms with Crippen molar-refractivity contribution in [2.75, 3.05) is 0 Å². The number of imidazole rings is 1. The van der Waals surface area contributed by atoms with Crippen molar-refractivity contribution in [3.8, 4) is 0 Å². The lowest BCUT2D eigenvalue weighted by Gasteiger charge is -1.88. The van der Waals surface area contributed by atoms with E-state index in [4.69, 9.17) is 15.3 Å². The number of aromatic nitrogens is 2. The van der Waals surface area contributed by atoms with Crippen LogP contribution in [0, 0.1) is 18.9 Å². The molecule has 2 aromatic rings. The molecule has 0 radical (unpaired) electrons. The zero-order chi connectivity index (χ0) is 13.4. The summed E-state index contributed by atoms with van der Waals surface area (Å²) in [7, 11) is 0. The fraction of sp³-hybridized carbons (Fsp3) is 0. The van der Waals surface area contributed by atoms with E-state index in [0.29, 0.717) is 5.95 Å². The van der Waals surface area contributed by atoms with E-state index < -0.39 is 5.09 Å². The Bertz CT molecular complexity index is 510. The molecule has 2 rings (SSSR count). The summed E-state index contributed by atoms with van der Waals surface area (Å²) in [4.78, 5) is 14.1. The SMILES string of the molecule is Ic1ccc(N=Nc2[nH]cc[nH+]2)cc1.O.O=[N+]([O-])[O-]. The van der Waals surface area contributed by atoms with Gasteiger partial charge in [0.2, 0.25) is 0 Å². The van der Waals surface area contributed by atoms with Crippen LogP contribution in [0.5, 0.6) is 0 Å². The first kappa shape index (κ1) is 16.9. The van der Waals surface area contributed by atoms with Crippen LogP contribution in [-0.4, -0.2) is 15.5 Å². The van der Waals surface area contributed by atoms with Gasteiger partial charge >= 0.3 is 5.95 Å². The molecule has 0 atom stereocenters. The third kappa shape index (κ3) is 7.77. The molecule has 0 unspecified atom stereocenters. The number of nitrogens with one attached hydrogen (secondary N) is 2. The molecule has 9 nitrogen and oxygen atoms in total. The molecule has 0 aliphatic rings. The van der Waals surface area contributed by atoms with Crippen LogP contribution in [0.3, 0.4) is 0 Å². The van der Waals surface area contributed by atoms with Gasteiger partial charge in [0.1, 0.15) is 5.69 Å². The lowest BCUT2D eigenvalue weighted by molar-refractivity contribution is -0.402. The van der Waals surface area contributed by atoms with E-state index >= 15 is 0 Å². The topological polar surface area (TPSA) is 152 Å². The van der Waals surface area contributed by atoms with Crippen molar-refractivity contribution >= 4 is 34.2 Å². The van der Waals surface area contributed by atoms with Crippen LogP contribution in [-0.2, 0) is 0 Å². The standard InChI is InChI=1S/C9H7IN4.NO3.H2O/c10-7-1-3-8(4-2-7)13-14-9-11-5-6-12-9;2-1(3)4;/h1-6H,(H,11,12);;1H2/q;-1;/p+1. The van der Waals surface area contributed by atoms with Crippen LogP contribution in [0.2, 0.25) is 0 Å². The minimum Gasteiger partial charge on any atom is -0.412 e. The summed E-state index contributed by atoms with van der Waals surface area (Å²) >= 11 is 2.25. The summed E-state index contributed by atoms with van der Waals surface area (Å²) in [6.45, 7) is 0. The molecular weight excluding hydrogens is 369 g/mol. The molecule has 0 aliphatic heterocycles. The van der Waals surface area contributed by atoms with E-state index in [1.807, 2.05) is 24.3 Å². The number of azo groups is 1. The zero-order valence-electron chi connectivity index (χ0n) is 9.41. The van der Waals surface area contributed by atoms with Gasteiger partial charge in [-0.25, -0.2) is 9.97 Å². The number of rotatable bonds is 2. The first-order valence-corrected chi connectivity index (χ1v) is 5.69. The third-order valence-corrected chi connectivity index (χ3v) is 2.33. The van der Waals surface area contributed by atoms with Gasteiger partial charge in [-0.05, 0) is 46.9 Å². The second-order valence-corrected chi connectivity index (χ2v) is 4.12. The Labute approximate surface area is 121 Å². The highest BCUT2D eigenvalue weighted by molar-refractivity contribution is 14.1. The summed E-state index contributed by atoms with van der Waals surface area (Å²) in [6.07, 6.45) is 3.53. The highest BCUT2D eigenvalue weighted by Crippen LogP contribution is 2.15. The van der Waals surface area contributed by atoms with Gasteiger partial charge in [0, 0.05) is 8.68 Å². The average Bonchev–Trinajstić information content (AvgIpc) is 2.80. The van der Waals surface area contributed by atoms with Gasteiger partial charge in [-0.15, -0.1) is 0 Å². The Balaban J connectivity index is 0.000000576. The van der Waals surface area contributed by atoms with Crippen molar-refractivity contribution in [1.82, 2.24) is 4.98 Å². The van der Waals surface area contributed by atoms with E-state index in [1.54, 1.807) is 12.4 Å². The van der Waals surface area contributed by atoms with Crippen molar-refractivity contribution < 1.29 is 15.5 Å². The van der Waals surface area contributed by atoms with Crippen LogP contribution in [0.15, 0.2) is 46.9 Å². The van der Waals surface area contributed by atoms with Gasteiger partial charge in [0.25, 0.3) is 0 Å². The fourth-order valence-corrected chi connectivity index (χ4v) is 1.32. The Morgan fingerprint density at radius 1 is 1.21 bits per heavy atom. The number of H-pyrrole nitrogens is 2. The maximum absolute atomic E-state index is 8.25. The number of benzene rings is 1. The van der Waals surface area contributed by atoms with Crippen molar-refractivity contribution in [3.05, 3.63) is 55.6 Å². The summed E-state index contributed by atoms with van der Waals surface area (Å²) in [5.74, 6) is 0.642. The number of nitrogens with zero attached hydrogens (tertiary/aromatic N) is 3. The van der Waals surface area contributed by atoms with Crippen molar-refractivity contribution in [3.63, 3.8) is 0 Å². The maximum Gasteiger partial charge on any atom is 0.416 e. The largest absolute Gasteiger partial charge is 0.416 e. The normalized spacial score (nSPS) is 9.32. The van der Waals surface area contributed by atoms with Crippen LogP contribution in [0.4, 0.5) is 11.6 Å². The Morgan fingerprint density at radius 2 is 1.79 bits per heavy atom. The van der Waals surface area contributed by atoms with E-state index in [2.05, 4.69) is 42.8 Å². The molecule has 0 amide bonds. The fourth-order valence-electron chi connectivity index (χ4n) is 0.956. The summed E-state index contributed by atoms with van der Waals surface area (Å²) in [6, 6.07) is 7.84. The minimum absolute atomic E-state index is 0. The third-order valence-electron chi connectivity index (χ3n) is 1.62. The molecule has 0 saturated heterocycles. The first-order chi connectivity index (χ1) is 8.58. The maximum atomic E-state index is 8.25. The molecule has 0 saturated carbocycles. The lowest BCUT2D eigenvalue weighted by Crippen LogP contribution is -1.92. The van der Waals surface area contributed by atoms with Crippen LogP contribution < -0.4 is 4.98 Å². The summed E-state index contributed by atoms with van der Waals surface area (Å²) in [5.41, 5.74) is 0.841. The van der Waals surface area contributed by atoms with E-state index in [9.17, 15) is 0 Å². The smallest absolute Gasteiger partial charge is 0.412 e. The van der Waals surface area contributed by atoms with Crippen molar-refractivity contribution in [2.45, 2.75) is 0 Å². The molecular formula is C9H10IN5O4. The molecule has 19 heavy (non-hydrogen) atoms. The quantitative estimate of drug-likeness (QED) is 0.366.